The lowest BCUT2D eigenvalue weighted by molar-refractivity contribution is -0.109. The molecule has 2 heterocycles. The highest BCUT2D eigenvalue weighted by molar-refractivity contribution is 5.49. The first-order chi connectivity index (χ1) is 10.7. The molecule has 1 aliphatic rings. The van der Waals surface area contributed by atoms with Crippen LogP contribution in [0.3, 0.4) is 0 Å². The summed E-state index contributed by atoms with van der Waals surface area (Å²) in [6, 6.07) is 2.14. The summed E-state index contributed by atoms with van der Waals surface area (Å²) in [5, 5.41) is 16.3. The van der Waals surface area contributed by atoms with E-state index in [1.807, 2.05) is 6.92 Å². The average Bonchev–Trinajstić information content (AvgIpc) is 2.54. The fourth-order valence-electron chi connectivity index (χ4n) is 2.71. The van der Waals surface area contributed by atoms with Crippen LogP contribution in [0.4, 0.5) is 5.82 Å². The number of nitrogens with zero attached hydrogens (tertiary/aromatic N) is 1. The van der Waals surface area contributed by atoms with E-state index in [9.17, 15) is 5.11 Å². The Morgan fingerprint density at radius 1 is 1.41 bits per heavy atom. The maximum atomic E-state index is 9.89. The number of hydrogen-bond donors (Lipinski definition) is 3. The predicted octanol–water partition coefficient (Wildman–Crippen LogP) is 1.94. The molecule has 1 unspecified atom stereocenters. The molecule has 0 saturated heterocycles. The van der Waals surface area contributed by atoms with Gasteiger partial charge in [-0.25, -0.2) is 4.98 Å². The molecule has 1 aromatic heterocycles. The Balaban J connectivity index is 2.24. The Hall–Kier alpha value is -1.21. The van der Waals surface area contributed by atoms with Crippen molar-refractivity contribution in [1.29, 1.82) is 0 Å². The fraction of sp³-hybridized carbons (Fsp3) is 0.688. The number of aliphatic hydroxyl groups excluding tert-OH is 1. The number of anilines is 1. The number of aromatic nitrogens is 1. The lowest BCUT2D eigenvalue weighted by atomic mass is 10.0. The Bertz CT molecular complexity index is 478. The van der Waals surface area contributed by atoms with Crippen LogP contribution in [0.15, 0.2) is 6.07 Å². The first-order valence-corrected chi connectivity index (χ1v) is 7.93. The molecule has 1 aromatic rings. The second-order valence-corrected chi connectivity index (χ2v) is 5.56. The van der Waals surface area contributed by atoms with Crippen LogP contribution in [0.5, 0.6) is 0 Å². The third kappa shape index (κ3) is 4.16. The molecule has 22 heavy (non-hydrogen) atoms. The number of aryl methyl sites for hydroxylation is 1. The van der Waals surface area contributed by atoms with E-state index in [-0.39, 0.29) is 0 Å². The van der Waals surface area contributed by atoms with Crippen LogP contribution in [-0.2, 0) is 22.4 Å². The molecule has 0 aromatic carbocycles. The largest absolute Gasteiger partial charge is 0.379 e. The molecule has 0 spiro atoms. The minimum atomic E-state index is -0.505. The number of methoxy groups -OCH3 is 2. The van der Waals surface area contributed by atoms with Crippen molar-refractivity contribution in [3.8, 4) is 0 Å². The van der Waals surface area contributed by atoms with Crippen LogP contribution in [0, 0.1) is 0 Å². The standard InChI is InChI=1S/C16H27N3O3/c1-4-6-13(20)18-10-12-9-11-7-5-8-17-15(11)19-14(12)16(21-2)22-3/h9,13,16,18,20H,4-8,10H2,1-3H3,(H,17,19). The van der Waals surface area contributed by atoms with E-state index in [0.29, 0.717) is 6.54 Å². The fourth-order valence-corrected chi connectivity index (χ4v) is 2.71. The molecule has 2 rings (SSSR count). The van der Waals surface area contributed by atoms with Crippen molar-refractivity contribution in [1.82, 2.24) is 10.3 Å². The quantitative estimate of drug-likeness (QED) is 0.637. The van der Waals surface area contributed by atoms with E-state index >= 15 is 0 Å². The molecule has 0 saturated carbocycles. The first-order valence-electron chi connectivity index (χ1n) is 7.93. The van der Waals surface area contributed by atoms with Crippen LogP contribution in [0.2, 0.25) is 0 Å². The third-order valence-electron chi connectivity index (χ3n) is 3.87. The van der Waals surface area contributed by atoms with E-state index < -0.39 is 12.5 Å². The van der Waals surface area contributed by atoms with Gasteiger partial charge in [-0.15, -0.1) is 0 Å². The first kappa shape index (κ1) is 17.1. The van der Waals surface area contributed by atoms with Gasteiger partial charge in [-0.2, -0.15) is 0 Å². The second-order valence-electron chi connectivity index (χ2n) is 5.56. The molecular weight excluding hydrogens is 282 g/mol. The number of ether oxygens (including phenoxy) is 2. The van der Waals surface area contributed by atoms with Gasteiger partial charge in [0.1, 0.15) is 17.7 Å². The van der Waals surface area contributed by atoms with Crippen molar-refractivity contribution < 1.29 is 14.6 Å². The Morgan fingerprint density at radius 2 is 2.18 bits per heavy atom. The van der Waals surface area contributed by atoms with Crippen molar-refractivity contribution in [2.75, 3.05) is 26.1 Å². The van der Waals surface area contributed by atoms with Gasteiger partial charge in [0.05, 0.1) is 0 Å². The molecule has 6 nitrogen and oxygen atoms in total. The molecular formula is C16H27N3O3. The zero-order chi connectivity index (χ0) is 15.9. The minimum absolute atomic E-state index is 0.504. The maximum Gasteiger partial charge on any atom is 0.200 e. The van der Waals surface area contributed by atoms with E-state index in [4.69, 9.17) is 14.5 Å². The predicted molar refractivity (Wildman–Crippen MR) is 85.6 cm³/mol. The van der Waals surface area contributed by atoms with E-state index in [0.717, 1.165) is 49.3 Å². The van der Waals surface area contributed by atoms with Gasteiger partial charge in [-0.1, -0.05) is 13.3 Å². The lowest BCUT2D eigenvalue weighted by Gasteiger charge is -2.23. The molecule has 1 aliphatic heterocycles. The van der Waals surface area contributed by atoms with Crippen molar-refractivity contribution >= 4 is 5.82 Å². The van der Waals surface area contributed by atoms with Crippen molar-refractivity contribution in [2.45, 2.75) is 51.7 Å². The highest BCUT2D eigenvalue weighted by Crippen LogP contribution is 2.27. The summed E-state index contributed by atoms with van der Waals surface area (Å²) < 4.78 is 10.7. The summed E-state index contributed by atoms with van der Waals surface area (Å²) >= 11 is 0. The number of aliphatic hydroxyl groups is 1. The van der Waals surface area contributed by atoms with Gasteiger partial charge in [0.15, 0.2) is 0 Å². The van der Waals surface area contributed by atoms with Gasteiger partial charge in [0, 0.05) is 27.3 Å². The van der Waals surface area contributed by atoms with Crippen molar-refractivity contribution in [3.05, 3.63) is 22.9 Å². The molecule has 6 heteroatoms. The Labute approximate surface area is 132 Å². The maximum absolute atomic E-state index is 9.89. The van der Waals surface area contributed by atoms with Crippen molar-refractivity contribution in [3.63, 3.8) is 0 Å². The van der Waals surface area contributed by atoms with Gasteiger partial charge in [0.25, 0.3) is 0 Å². The highest BCUT2D eigenvalue weighted by Gasteiger charge is 2.21. The summed E-state index contributed by atoms with van der Waals surface area (Å²) in [4.78, 5) is 4.70. The lowest BCUT2D eigenvalue weighted by Crippen LogP contribution is -2.29. The summed E-state index contributed by atoms with van der Waals surface area (Å²) in [5.74, 6) is 0.915. The second kappa shape index (κ2) is 8.43. The molecule has 0 amide bonds. The summed E-state index contributed by atoms with van der Waals surface area (Å²) in [6.07, 6.45) is 2.78. The van der Waals surface area contributed by atoms with Gasteiger partial charge in [0.2, 0.25) is 6.29 Å². The average molecular weight is 309 g/mol. The minimum Gasteiger partial charge on any atom is -0.379 e. The topological polar surface area (TPSA) is 75.6 Å². The molecule has 0 aliphatic carbocycles. The number of fused-ring (bicyclic) bond motifs is 1. The number of nitrogens with one attached hydrogen (secondary N) is 2. The Kier molecular flexibility index (Phi) is 6.57. The summed E-state index contributed by atoms with van der Waals surface area (Å²) in [6.45, 7) is 3.53. The van der Waals surface area contributed by atoms with E-state index in [1.165, 1.54) is 5.56 Å². The van der Waals surface area contributed by atoms with Gasteiger partial charge in [-0.3, -0.25) is 5.32 Å². The van der Waals surface area contributed by atoms with Gasteiger partial charge in [-0.05, 0) is 36.5 Å². The zero-order valence-corrected chi connectivity index (χ0v) is 13.7. The Morgan fingerprint density at radius 3 is 2.86 bits per heavy atom. The van der Waals surface area contributed by atoms with Crippen LogP contribution in [0.1, 0.15) is 49.3 Å². The number of rotatable bonds is 8. The van der Waals surface area contributed by atoms with Crippen molar-refractivity contribution in [2.24, 2.45) is 0 Å². The van der Waals surface area contributed by atoms with Gasteiger partial charge >= 0.3 is 0 Å². The molecule has 0 bridgehead atoms. The third-order valence-corrected chi connectivity index (χ3v) is 3.87. The highest BCUT2D eigenvalue weighted by atomic mass is 16.7. The molecule has 0 fully saturated rings. The monoisotopic (exact) mass is 309 g/mol. The van der Waals surface area contributed by atoms with Crippen LogP contribution >= 0.6 is 0 Å². The molecule has 124 valence electrons. The van der Waals surface area contributed by atoms with E-state index in [1.54, 1.807) is 14.2 Å². The normalized spacial score (nSPS) is 15.5. The molecule has 1 atom stereocenters. The zero-order valence-electron chi connectivity index (χ0n) is 13.7. The molecule has 0 radical (unpaired) electrons. The summed E-state index contributed by atoms with van der Waals surface area (Å²) in [7, 11) is 3.21. The van der Waals surface area contributed by atoms with E-state index in [2.05, 4.69) is 16.7 Å². The number of pyridine rings is 1. The summed E-state index contributed by atoms with van der Waals surface area (Å²) in [5.41, 5.74) is 2.98. The van der Waals surface area contributed by atoms with Crippen LogP contribution in [-0.4, -0.2) is 37.1 Å². The van der Waals surface area contributed by atoms with Crippen LogP contribution < -0.4 is 10.6 Å². The smallest absolute Gasteiger partial charge is 0.200 e. The number of hydrogen-bond acceptors (Lipinski definition) is 6. The SMILES string of the molecule is CCCC(O)NCc1cc2c(nc1C(OC)OC)NCCC2. The van der Waals surface area contributed by atoms with Crippen LogP contribution in [0.25, 0.3) is 0 Å². The van der Waals surface area contributed by atoms with Gasteiger partial charge < -0.3 is 19.9 Å². The molecule has 3 N–H and O–H groups in total.